The molecule has 5 aromatic carbocycles. The molecular formula is C35H28N4. The molecule has 1 aliphatic rings. The summed E-state index contributed by atoms with van der Waals surface area (Å²) in [6, 6.07) is 27.3. The van der Waals surface area contributed by atoms with Gasteiger partial charge in [0.1, 0.15) is 0 Å². The number of benzene rings is 5. The molecule has 6 rings (SSSR count). The van der Waals surface area contributed by atoms with Crippen LogP contribution in [0, 0.1) is 45.6 Å². The first-order valence-corrected chi connectivity index (χ1v) is 12.9. The largest absolute Gasteiger partial charge is 0.398 e. The highest BCUT2D eigenvalue weighted by Gasteiger charge is 2.47. The second-order valence-corrected chi connectivity index (χ2v) is 10.7. The minimum absolute atomic E-state index is 0.602. The second-order valence-electron chi connectivity index (χ2n) is 10.7. The zero-order chi connectivity index (χ0) is 27.6. The summed E-state index contributed by atoms with van der Waals surface area (Å²) in [6.45, 7) is 15.9. The average Bonchev–Trinajstić information content (AvgIpc) is 3.21. The van der Waals surface area contributed by atoms with Crippen LogP contribution in [-0.2, 0) is 5.41 Å². The fraction of sp³-hybridized carbons (Fsp3) is 0.143. The molecule has 0 fully saturated rings. The molecule has 39 heavy (non-hydrogen) atoms. The molecule has 4 heteroatoms. The molecule has 0 heterocycles. The Bertz CT molecular complexity index is 1850. The number of hydrogen-bond acceptors (Lipinski definition) is 3. The number of rotatable bonds is 2. The predicted molar refractivity (Wildman–Crippen MR) is 160 cm³/mol. The van der Waals surface area contributed by atoms with Crippen LogP contribution in [0.25, 0.3) is 26.7 Å². The molecule has 0 aromatic heterocycles. The van der Waals surface area contributed by atoms with Crippen molar-refractivity contribution in [2.45, 2.75) is 33.1 Å². The van der Waals surface area contributed by atoms with E-state index >= 15 is 0 Å². The maximum atomic E-state index is 9.62. The highest BCUT2D eigenvalue weighted by atomic mass is 14.6. The van der Waals surface area contributed by atoms with Crippen molar-refractivity contribution in [2.24, 2.45) is 0 Å². The van der Waals surface area contributed by atoms with E-state index in [1.165, 1.54) is 0 Å². The molecule has 1 aliphatic carbocycles. The molecular weight excluding hydrogens is 476 g/mol. The lowest BCUT2D eigenvalue weighted by atomic mass is 9.66. The zero-order valence-corrected chi connectivity index (χ0v) is 22.5. The average molecular weight is 505 g/mol. The number of hydrogen-bond donors (Lipinski definition) is 2. The molecule has 0 saturated carbocycles. The van der Waals surface area contributed by atoms with E-state index in [9.17, 15) is 5.26 Å². The Morgan fingerprint density at radius 3 is 1.77 bits per heavy atom. The highest BCUT2D eigenvalue weighted by molar-refractivity contribution is 5.97. The normalized spacial score (nSPS) is 13.0. The van der Waals surface area contributed by atoms with Crippen LogP contribution in [0.2, 0.25) is 0 Å². The van der Waals surface area contributed by atoms with Gasteiger partial charge in [0.2, 0.25) is 0 Å². The summed E-state index contributed by atoms with van der Waals surface area (Å²) in [5.74, 6) is 0. The first kappa shape index (κ1) is 24.3. The van der Waals surface area contributed by atoms with E-state index in [1.54, 1.807) is 0 Å². The first-order valence-electron chi connectivity index (χ1n) is 12.9. The third-order valence-electron chi connectivity index (χ3n) is 8.39. The Morgan fingerprint density at radius 2 is 1.23 bits per heavy atom. The SMILES string of the molecule is [C-]#[N+]c1ccc2c(c1)-c1cc3ccc(C#N)cc3cc1C2(c1cc(C)c(N)c(C)c1)c1cc(C)c(N)c(C)c1. The lowest BCUT2D eigenvalue weighted by Crippen LogP contribution is -2.29. The van der Waals surface area contributed by atoms with E-state index in [1.807, 2.05) is 30.3 Å². The van der Waals surface area contributed by atoms with Crippen molar-refractivity contribution in [1.29, 1.82) is 5.26 Å². The Balaban J connectivity index is 1.86. The van der Waals surface area contributed by atoms with Crippen LogP contribution in [-0.4, -0.2) is 0 Å². The van der Waals surface area contributed by atoms with Crippen LogP contribution in [0.15, 0.2) is 72.8 Å². The van der Waals surface area contributed by atoms with Gasteiger partial charge in [-0.25, -0.2) is 4.85 Å². The maximum Gasteiger partial charge on any atom is 0.187 e. The highest BCUT2D eigenvalue weighted by Crippen LogP contribution is 2.58. The Labute approximate surface area is 229 Å². The topological polar surface area (TPSA) is 80.2 Å². The van der Waals surface area contributed by atoms with Crippen LogP contribution >= 0.6 is 0 Å². The zero-order valence-electron chi connectivity index (χ0n) is 22.5. The summed E-state index contributed by atoms with van der Waals surface area (Å²) in [6.07, 6.45) is 0. The van der Waals surface area contributed by atoms with E-state index in [4.69, 9.17) is 18.0 Å². The van der Waals surface area contributed by atoms with Crippen LogP contribution < -0.4 is 11.5 Å². The molecule has 5 aromatic rings. The van der Waals surface area contributed by atoms with Gasteiger partial charge in [0.25, 0.3) is 0 Å². The van der Waals surface area contributed by atoms with Crippen molar-refractivity contribution in [3.8, 4) is 17.2 Å². The van der Waals surface area contributed by atoms with Gasteiger partial charge >= 0.3 is 0 Å². The van der Waals surface area contributed by atoms with Gasteiger partial charge in [-0.1, -0.05) is 42.5 Å². The van der Waals surface area contributed by atoms with Gasteiger partial charge in [-0.2, -0.15) is 5.26 Å². The quantitative estimate of drug-likeness (QED) is 0.185. The van der Waals surface area contributed by atoms with E-state index < -0.39 is 5.41 Å². The molecule has 0 aliphatic heterocycles. The van der Waals surface area contributed by atoms with E-state index in [2.05, 4.69) is 81.1 Å². The van der Waals surface area contributed by atoms with Gasteiger partial charge in [-0.3, -0.25) is 0 Å². The fourth-order valence-corrected chi connectivity index (χ4v) is 6.37. The van der Waals surface area contributed by atoms with Gasteiger partial charge in [-0.05, 0) is 124 Å². The van der Waals surface area contributed by atoms with Crippen LogP contribution in [0.1, 0.15) is 50.1 Å². The van der Waals surface area contributed by atoms with Crippen molar-refractivity contribution in [3.63, 3.8) is 0 Å². The van der Waals surface area contributed by atoms with Crippen molar-refractivity contribution >= 4 is 27.8 Å². The third-order valence-corrected chi connectivity index (χ3v) is 8.39. The summed E-state index contributed by atoms with van der Waals surface area (Å²) < 4.78 is 0. The fourth-order valence-electron chi connectivity index (χ4n) is 6.37. The summed E-state index contributed by atoms with van der Waals surface area (Å²) in [5, 5.41) is 11.7. The number of nitrogen functional groups attached to an aromatic ring is 2. The first-order chi connectivity index (χ1) is 18.7. The number of nitrogens with zero attached hydrogens (tertiary/aromatic N) is 2. The van der Waals surface area contributed by atoms with Crippen molar-refractivity contribution in [1.82, 2.24) is 0 Å². The van der Waals surface area contributed by atoms with Gasteiger partial charge < -0.3 is 11.5 Å². The molecule has 0 unspecified atom stereocenters. The van der Waals surface area contributed by atoms with Gasteiger partial charge in [0.05, 0.1) is 23.6 Å². The van der Waals surface area contributed by atoms with E-state index in [0.717, 1.165) is 77.8 Å². The second kappa shape index (κ2) is 8.48. The Morgan fingerprint density at radius 1 is 0.667 bits per heavy atom. The predicted octanol–water partition coefficient (Wildman–Crippen LogP) is 8.02. The molecule has 0 bridgehead atoms. The minimum Gasteiger partial charge on any atom is -0.398 e. The Kier molecular flexibility index (Phi) is 5.28. The number of nitrogens with two attached hydrogens (primary N) is 2. The summed E-state index contributed by atoms with van der Waals surface area (Å²) >= 11 is 0. The summed E-state index contributed by atoms with van der Waals surface area (Å²) in [5.41, 5.74) is 25.7. The van der Waals surface area contributed by atoms with Crippen molar-refractivity contribution in [3.05, 3.63) is 134 Å². The number of fused-ring (bicyclic) bond motifs is 4. The van der Waals surface area contributed by atoms with Gasteiger partial charge in [0.15, 0.2) is 5.69 Å². The number of nitriles is 1. The van der Waals surface area contributed by atoms with Crippen LogP contribution in [0.4, 0.5) is 17.1 Å². The number of anilines is 2. The molecule has 0 saturated heterocycles. The van der Waals surface area contributed by atoms with Crippen LogP contribution in [0.5, 0.6) is 0 Å². The maximum absolute atomic E-state index is 9.62. The van der Waals surface area contributed by atoms with E-state index in [-0.39, 0.29) is 0 Å². The molecule has 0 amide bonds. The van der Waals surface area contributed by atoms with Crippen molar-refractivity contribution in [2.75, 3.05) is 11.5 Å². The monoisotopic (exact) mass is 504 g/mol. The molecule has 0 atom stereocenters. The van der Waals surface area contributed by atoms with Crippen LogP contribution in [0.3, 0.4) is 0 Å². The third kappa shape index (κ3) is 3.36. The standard InChI is InChI=1S/C35H28N4/c1-19-10-26(11-20(2)33(19)37)35(27-12-21(3)34(38)22(4)13-27)31-9-8-28(39-5)17-30(31)29-15-24-7-6-23(18-36)14-25(24)16-32(29)35/h6-17H,37-38H2,1-4H3. The smallest absolute Gasteiger partial charge is 0.187 e. The van der Waals surface area contributed by atoms with Gasteiger partial charge in [0, 0.05) is 11.4 Å². The molecule has 0 spiro atoms. The molecule has 4 N–H and O–H groups in total. The van der Waals surface area contributed by atoms with E-state index in [0.29, 0.717) is 11.3 Å². The minimum atomic E-state index is -0.672. The lowest BCUT2D eigenvalue weighted by Gasteiger charge is -2.35. The van der Waals surface area contributed by atoms with Gasteiger partial charge in [-0.15, -0.1) is 0 Å². The molecule has 188 valence electrons. The Hall–Kier alpha value is -5.06. The number of aryl methyl sites for hydroxylation is 4. The summed E-state index contributed by atoms with van der Waals surface area (Å²) in [7, 11) is 0. The summed E-state index contributed by atoms with van der Waals surface area (Å²) in [4.78, 5) is 3.76. The molecule has 4 nitrogen and oxygen atoms in total. The van der Waals surface area contributed by atoms with Crippen molar-refractivity contribution < 1.29 is 0 Å². The lowest BCUT2D eigenvalue weighted by molar-refractivity contribution is 0.765. The molecule has 0 radical (unpaired) electrons.